The SMILES string of the molecule is NCC(CCCF)(CC1CC1)C(=O)O. The highest BCUT2D eigenvalue weighted by Crippen LogP contribution is 2.42. The van der Waals surface area contributed by atoms with Crippen molar-refractivity contribution in [1.29, 1.82) is 0 Å². The van der Waals surface area contributed by atoms with Crippen LogP contribution >= 0.6 is 0 Å². The third-order valence-corrected chi connectivity index (χ3v) is 3.01. The molecule has 0 spiro atoms. The minimum absolute atomic E-state index is 0.124. The van der Waals surface area contributed by atoms with Gasteiger partial charge in [0.25, 0.3) is 0 Å². The van der Waals surface area contributed by atoms with Crippen LogP contribution in [0, 0.1) is 11.3 Å². The van der Waals surface area contributed by atoms with Gasteiger partial charge in [0.15, 0.2) is 0 Å². The van der Waals surface area contributed by atoms with Crippen LogP contribution in [-0.2, 0) is 4.79 Å². The first-order valence-electron chi connectivity index (χ1n) is 5.14. The van der Waals surface area contributed by atoms with E-state index in [0.29, 0.717) is 25.2 Å². The van der Waals surface area contributed by atoms with Crippen LogP contribution in [-0.4, -0.2) is 24.3 Å². The third-order valence-electron chi connectivity index (χ3n) is 3.01. The van der Waals surface area contributed by atoms with Crippen LogP contribution in [0.5, 0.6) is 0 Å². The molecule has 0 aromatic rings. The molecule has 4 heteroatoms. The maximum atomic E-state index is 12.0. The van der Waals surface area contributed by atoms with Gasteiger partial charge in [-0.25, -0.2) is 0 Å². The van der Waals surface area contributed by atoms with Crippen molar-refractivity contribution in [2.24, 2.45) is 17.1 Å². The standard InChI is InChI=1S/C10H18FNO2/c11-5-1-4-10(7-12,9(13)14)6-8-2-3-8/h8H,1-7,12H2,(H,13,14). The summed E-state index contributed by atoms with van der Waals surface area (Å²) in [4.78, 5) is 11.1. The number of nitrogens with two attached hydrogens (primary N) is 1. The lowest BCUT2D eigenvalue weighted by Crippen LogP contribution is -2.39. The minimum atomic E-state index is -0.868. The summed E-state index contributed by atoms with van der Waals surface area (Å²) >= 11 is 0. The molecule has 82 valence electrons. The highest BCUT2D eigenvalue weighted by atomic mass is 19.1. The molecule has 0 bridgehead atoms. The molecule has 0 heterocycles. The van der Waals surface area contributed by atoms with Crippen LogP contribution in [0.1, 0.15) is 32.1 Å². The van der Waals surface area contributed by atoms with Gasteiger partial charge in [-0.05, 0) is 25.2 Å². The Bertz CT molecular complexity index is 206. The summed E-state index contributed by atoms with van der Waals surface area (Å²) in [5.74, 6) is -0.352. The fourth-order valence-corrected chi connectivity index (χ4v) is 1.85. The van der Waals surface area contributed by atoms with E-state index >= 15 is 0 Å². The maximum Gasteiger partial charge on any atom is 0.310 e. The molecular formula is C10H18FNO2. The molecule has 0 aromatic carbocycles. The first-order valence-corrected chi connectivity index (χ1v) is 5.14. The van der Waals surface area contributed by atoms with E-state index in [9.17, 15) is 9.18 Å². The highest BCUT2D eigenvalue weighted by molar-refractivity contribution is 5.75. The molecule has 0 aliphatic heterocycles. The summed E-state index contributed by atoms with van der Waals surface area (Å²) in [5.41, 5.74) is 4.65. The van der Waals surface area contributed by atoms with E-state index < -0.39 is 18.1 Å². The Morgan fingerprint density at radius 2 is 2.21 bits per heavy atom. The Morgan fingerprint density at radius 1 is 1.57 bits per heavy atom. The summed E-state index contributed by atoms with van der Waals surface area (Å²) in [7, 11) is 0. The molecule has 0 saturated heterocycles. The van der Waals surface area contributed by atoms with E-state index in [1.165, 1.54) is 0 Å². The Hall–Kier alpha value is -0.640. The first-order chi connectivity index (χ1) is 6.64. The second kappa shape index (κ2) is 4.73. The molecule has 0 aromatic heterocycles. The number of carboxylic acids is 1. The summed E-state index contributed by atoms with van der Waals surface area (Å²) in [6.07, 6.45) is 3.50. The molecule has 1 atom stereocenters. The maximum absolute atomic E-state index is 12.0. The molecule has 1 saturated carbocycles. The van der Waals surface area contributed by atoms with E-state index in [2.05, 4.69) is 0 Å². The Labute approximate surface area is 83.5 Å². The van der Waals surface area contributed by atoms with Gasteiger partial charge in [0, 0.05) is 6.54 Å². The average molecular weight is 203 g/mol. The number of carboxylic acid groups (broad SMARTS) is 1. The number of carbonyl (C=O) groups is 1. The van der Waals surface area contributed by atoms with Gasteiger partial charge in [-0.2, -0.15) is 0 Å². The molecule has 1 aliphatic rings. The predicted molar refractivity (Wildman–Crippen MR) is 51.7 cm³/mol. The first kappa shape index (κ1) is 11.4. The Balaban J connectivity index is 2.57. The summed E-state index contributed by atoms with van der Waals surface area (Å²) in [6.45, 7) is -0.335. The normalized spacial score (nSPS) is 20.4. The number of hydrogen-bond donors (Lipinski definition) is 2. The topological polar surface area (TPSA) is 63.3 Å². The van der Waals surface area contributed by atoms with Crippen molar-refractivity contribution in [3.8, 4) is 0 Å². The number of alkyl halides is 1. The van der Waals surface area contributed by atoms with Crippen LogP contribution in [0.25, 0.3) is 0 Å². The van der Waals surface area contributed by atoms with E-state index in [-0.39, 0.29) is 6.54 Å². The van der Waals surface area contributed by atoms with E-state index in [4.69, 9.17) is 10.8 Å². The molecule has 1 fully saturated rings. The molecule has 1 aliphatic carbocycles. The molecule has 14 heavy (non-hydrogen) atoms. The van der Waals surface area contributed by atoms with Gasteiger partial charge < -0.3 is 10.8 Å². The van der Waals surface area contributed by atoms with Crippen LogP contribution in [0.3, 0.4) is 0 Å². The number of aliphatic carboxylic acids is 1. The van der Waals surface area contributed by atoms with Crippen molar-refractivity contribution in [2.45, 2.75) is 32.1 Å². The number of halogens is 1. The zero-order valence-corrected chi connectivity index (χ0v) is 8.34. The largest absolute Gasteiger partial charge is 0.481 e. The van der Waals surface area contributed by atoms with Gasteiger partial charge in [0.2, 0.25) is 0 Å². The van der Waals surface area contributed by atoms with Crippen molar-refractivity contribution in [3.05, 3.63) is 0 Å². The van der Waals surface area contributed by atoms with Gasteiger partial charge in [-0.15, -0.1) is 0 Å². The van der Waals surface area contributed by atoms with Gasteiger partial charge in [-0.1, -0.05) is 12.8 Å². The summed E-state index contributed by atoms with van der Waals surface area (Å²) < 4.78 is 12.0. The smallest absolute Gasteiger partial charge is 0.310 e. The molecule has 0 radical (unpaired) electrons. The van der Waals surface area contributed by atoms with Crippen molar-refractivity contribution in [3.63, 3.8) is 0 Å². The molecule has 1 rings (SSSR count). The Morgan fingerprint density at radius 3 is 2.57 bits per heavy atom. The van der Waals surface area contributed by atoms with Crippen LogP contribution in [0.4, 0.5) is 4.39 Å². The van der Waals surface area contributed by atoms with Crippen molar-refractivity contribution < 1.29 is 14.3 Å². The molecule has 1 unspecified atom stereocenters. The summed E-state index contributed by atoms with van der Waals surface area (Å²) in [5, 5.41) is 9.12. The molecule has 0 amide bonds. The van der Waals surface area contributed by atoms with E-state index in [0.717, 1.165) is 12.8 Å². The fourth-order valence-electron chi connectivity index (χ4n) is 1.85. The second-order valence-corrected chi connectivity index (χ2v) is 4.23. The lowest BCUT2D eigenvalue weighted by atomic mass is 9.78. The lowest BCUT2D eigenvalue weighted by molar-refractivity contribution is -0.149. The average Bonchev–Trinajstić information content (AvgIpc) is 2.95. The van der Waals surface area contributed by atoms with Crippen molar-refractivity contribution >= 4 is 5.97 Å². The van der Waals surface area contributed by atoms with Crippen LogP contribution < -0.4 is 5.73 Å². The minimum Gasteiger partial charge on any atom is -0.481 e. The zero-order chi connectivity index (χ0) is 10.6. The highest BCUT2D eigenvalue weighted by Gasteiger charge is 2.41. The molecular weight excluding hydrogens is 185 g/mol. The monoisotopic (exact) mass is 203 g/mol. The third kappa shape index (κ3) is 2.67. The van der Waals surface area contributed by atoms with Gasteiger partial charge in [0.1, 0.15) is 0 Å². The van der Waals surface area contributed by atoms with Gasteiger partial charge in [-0.3, -0.25) is 9.18 Å². The predicted octanol–water partition coefficient (Wildman–Crippen LogP) is 1.57. The van der Waals surface area contributed by atoms with Gasteiger partial charge in [0.05, 0.1) is 12.1 Å². The van der Waals surface area contributed by atoms with E-state index in [1.807, 2.05) is 0 Å². The zero-order valence-electron chi connectivity index (χ0n) is 8.34. The number of hydrogen-bond acceptors (Lipinski definition) is 2. The number of rotatable bonds is 7. The fraction of sp³-hybridized carbons (Fsp3) is 0.900. The lowest BCUT2D eigenvalue weighted by Gasteiger charge is -2.27. The summed E-state index contributed by atoms with van der Waals surface area (Å²) in [6, 6.07) is 0. The molecule has 3 nitrogen and oxygen atoms in total. The van der Waals surface area contributed by atoms with Crippen LogP contribution in [0.15, 0.2) is 0 Å². The van der Waals surface area contributed by atoms with E-state index in [1.54, 1.807) is 0 Å². The molecule has 3 N–H and O–H groups in total. The van der Waals surface area contributed by atoms with Crippen molar-refractivity contribution in [2.75, 3.05) is 13.2 Å². The van der Waals surface area contributed by atoms with Crippen LogP contribution in [0.2, 0.25) is 0 Å². The second-order valence-electron chi connectivity index (χ2n) is 4.23. The van der Waals surface area contributed by atoms with Gasteiger partial charge >= 0.3 is 5.97 Å². The van der Waals surface area contributed by atoms with Crippen molar-refractivity contribution in [1.82, 2.24) is 0 Å². The Kier molecular flexibility index (Phi) is 3.86. The quantitative estimate of drug-likeness (QED) is 0.660.